The molecule has 3 heterocycles. The third kappa shape index (κ3) is 4.60. The number of carbonyl (C=O) groups excluding carboxylic acids is 2. The summed E-state index contributed by atoms with van der Waals surface area (Å²) in [5.41, 5.74) is 3.86. The highest BCUT2D eigenvalue weighted by molar-refractivity contribution is 7.22. The number of nitrogens with zero attached hydrogens (tertiary/aromatic N) is 3. The lowest BCUT2D eigenvalue weighted by molar-refractivity contribution is 0.0992. The maximum atomic E-state index is 12.7. The van der Waals surface area contributed by atoms with Crippen LogP contribution in [0.3, 0.4) is 0 Å². The van der Waals surface area contributed by atoms with Crippen molar-refractivity contribution in [3.8, 4) is 0 Å². The number of fused-ring (bicyclic) bond motifs is 1. The zero-order valence-corrected chi connectivity index (χ0v) is 19.3. The molecular weight excluding hydrogens is 450 g/mol. The minimum absolute atomic E-state index is 0.219. The first kappa shape index (κ1) is 21.6. The van der Waals surface area contributed by atoms with E-state index in [1.165, 1.54) is 11.3 Å². The number of rotatable bonds is 6. The number of carbonyl (C=O) groups is 2. The molecule has 0 saturated carbocycles. The zero-order chi connectivity index (χ0) is 23.7. The van der Waals surface area contributed by atoms with Gasteiger partial charge in [0.25, 0.3) is 11.8 Å². The van der Waals surface area contributed by atoms with Gasteiger partial charge in [-0.2, -0.15) is 5.10 Å². The molecule has 3 aromatic heterocycles. The fourth-order valence-corrected chi connectivity index (χ4v) is 4.48. The molecule has 9 heteroatoms. The molecular formula is C25H21N5O3S. The van der Waals surface area contributed by atoms with Crippen LogP contribution in [0, 0.1) is 13.8 Å². The van der Waals surface area contributed by atoms with Gasteiger partial charge in [-0.15, -0.1) is 0 Å². The number of furan rings is 1. The average molecular weight is 472 g/mol. The van der Waals surface area contributed by atoms with Crippen molar-refractivity contribution in [3.63, 3.8) is 0 Å². The summed E-state index contributed by atoms with van der Waals surface area (Å²) in [7, 11) is 0. The summed E-state index contributed by atoms with van der Waals surface area (Å²) in [6, 6.07) is 19.8. The third-order valence-electron chi connectivity index (χ3n) is 5.20. The summed E-state index contributed by atoms with van der Waals surface area (Å²) in [6.07, 6.45) is 0. The second kappa shape index (κ2) is 8.95. The Bertz CT molecular complexity index is 1500. The fraction of sp³-hybridized carbons (Fsp3) is 0.120. The Kier molecular flexibility index (Phi) is 5.69. The Morgan fingerprint density at radius 3 is 2.56 bits per heavy atom. The summed E-state index contributed by atoms with van der Waals surface area (Å²) in [4.78, 5) is 29.5. The van der Waals surface area contributed by atoms with Crippen LogP contribution in [0.1, 0.15) is 38.1 Å². The highest BCUT2D eigenvalue weighted by Crippen LogP contribution is 2.29. The predicted octanol–water partition coefficient (Wildman–Crippen LogP) is 5.26. The smallest absolute Gasteiger partial charge is 0.291 e. The van der Waals surface area contributed by atoms with Gasteiger partial charge in [-0.1, -0.05) is 29.5 Å². The van der Waals surface area contributed by atoms with Crippen molar-refractivity contribution in [1.82, 2.24) is 14.8 Å². The average Bonchev–Trinajstić information content (AvgIpc) is 3.53. The second-order valence-electron chi connectivity index (χ2n) is 7.83. The maximum Gasteiger partial charge on any atom is 0.291 e. The van der Waals surface area contributed by atoms with Crippen LogP contribution in [-0.4, -0.2) is 26.6 Å². The van der Waals surface area contributed by atoms with Gasteiger partial charge in [0.2, 0.25) is 0 Å². The lowest BCUT2D eigenvalue weighted by Gasteiger charge is -2.03. The summed E-state index contributed by atoms with van der Waals surface area (Å²) in [5, 5.41) is 10.6. The Morgan fingerprint density at radius 1 is 0.971 bits per heavy atom. The first-order chi connectivity index (χ1) is 16.4. The van der Waals surface area contributed by atoms with Crippen LogP contribution in [0.25, 0.3) is 10.2 Å². The zero-order valence-electron chi connectivity index (χ0n) is 18.5. The van der Waals surface area contributed by atoms with E-state index in [0.29, 0.717) is 28.7 Å². The van der Waals surface area contributed by atoms with Crippen LogP contribution < -0.4 is 10.6 Å². The Balaban J connectivity index is 1.26. The minimum atomic E-state index is -0.346. The summed E-state index contributed by atoms with van der Waals surface area (Å²) in [6.45, 7) is 4.37. The van der Waals surface area contributed by atoms with E-state index in [1.54, 1.807) is 36.4 Å². The maximum absolute atomic E-state index is 12.7. The van der Waals surface area contributed by atoms with Gasteiger partial charge in [0, 0.05) is 16.9 Å². The molecule has 0 fully saturated rings. The van der Waals surface area contributed by atoms with Gasteiger partial charge in [0.05, 0.1) is 22.5 Å². The van der Waals surface area contributed by atoms with Gasteiger partial charge >= 0.3 is 0 Å². The summed E-state index contributed by atoms with van der Waals surface area (Å²) < 4.78 is 8.41. The van der Waals surface area contributed by atoms with Gasteiger partial charge in [0.1, 0.15) is 5.76 Å². The predicted molar refractivity (Wildman–Crippen MR) is 131 cm³/mol. The van der Waals surface area contributed by atoms with Gasteiger partial charge in [0.15, 0.2) is 10.9 Å². The topological polar surface area (TPSA) is 102 Å². The van der Waals surface area contributed by atoms with E-state index >= 15 is 0 Å². The molecule has 8 nitrogen and oxygen atoms in total. The molecule has 0 spiro atoms. The normalized spacial score (nSPS) is 11.0. The number of anilines is 2. The third-order valence-corrected chi connectivity index (χ3v) is 6.13. The number of thiazole rings is 1. The molecule has 0 bridgehead atoms. The number of benzene rings is 2. The molecule has 0 atom stereocenters. The van der Waals surface area contributed by atoms with Crippen molar-refractivity contribution < 1.29 is 14.0 Å². The Hall–Kier alpha value is -4.24. The highest BCUT2D eigenvalue weighted by atomic mass is 32.1. The van der Waals surface area contributed by atoms with E-state index in [2.05, 4.69) is 20.7 Å². The minimum Gasteiger partial charge on any atom is -0.454 e. The molecule has 0 aliphatic heterocycles. The molecule has 0 aliphatic rings. The largest absolute Gasteiger partial charge is 0.454 e. The van der Waals surface area contributed by atoms with Gasteiger partial charge in [-0.05, 0) is 62.4 Å². The van der Waals surface area contributed by atoms with Crippen LogP contribution in [0.15, 0.2) is 71.1 Å². The number of aromatic nitrogens is 3. The lowest BCUT2D eigenvalue weighted by Crippen LogP contribution is -2.11. The van der Waals surface area contributed by atoms with Gasteiger partial charge in [-0.25, -0.2) is 4.98 Å². The van der Waals surface area contributed by atoms with Crippen LogP contribution >= 0.6 is 11.3 Å². The lowest BCUT2D eigenvalue weighted by atomic mass is 10.2. The van der Waals surface area contributed by atoms with Gasteiger partial charge in [-0.3, -0.25) is 19.6 Å². The molecule has 170 valence electrons. The van der Waals surface area contributed by atoms with Crippen molar-refractivity contribution >= 4 is 44.2 Å². The molecule has 2 aromatic carbocycles. The van der Waals surface area contributed by atoms with E-state index in [4.69, 9.17) is 4.42 Å². The van der Waals surface area contributed by atoms with Crippen LogP contribution in [0.4, 0.5) is 10.8 Å². The van der Waals surface area contributed by atoms with E-state index in [9.17, 15) is 9.59 Å². The van der Waals surface area contributed by atoms with Crippen molar-refractivity contribution in [1.29, 1.82) is 0 Å². The van der Waals surface area contributed by atoms with E-state index in [0.717, 1.165) is 21.6 Å². The van der Waals surface area contributed by atoms with Crippen LogP contribution in [-0.2, 0) is 6.54 Å². The number of amides is 2. The molecule has 0 unspecified atom stereocenters. The van der Waals surface area contributed by atoms with Crippen molar-refractivity contribution in [2.45, 2.75) is 20.4 Å². The monoisotopic (exact) mass is 471 g/mol. The molecule has 0 saturated heterocycles. The Labute approximate surface area is 199 Å². The van der Waals surface area contributed by atoms with Crippen LogP contribution in [0.2, 0.25) is 0 Å². The van der Waals surface area contributed by atoms with Crippen molar-refractivity contribution in [3.05, 3.63) is 95.2 Å². The second-order valence-corrected chi connectivity index (χ2v) is 8.86. The molecule has 0 radical (unpaired) electrons. The quantitative estimate of drug-likeness (QED) is 0.352. The standard InChI is InChI=1S/C25H21N5O3S/c1-15-12-16(2)30(29-15)14-19-9-11-21(33-19)24(32)26-18-8-10-20-22(13-18)34-25(27-20)28-23(31)17-6-4-3-5-7-17/h3-13H,14H2,1-2H3,(H,26,32)(H,27,28,31). The molecule has 2 amide bonds. The SMILES string of the molecule is Cc1cc(C)n(Cc2ccc(C(=O)Nc3ccc4nc(NC(=O)c5ccccc5)sc4c3)o2)n1. The van der Waals surface area contributed by atoms with Crippen molar-refractivity contribution in [2.24, 2.45) is 0 Å². The molecule has 34 heavy (non-hydrogen) atoms. The number of hydrogen-bond acceptors (Lipinski definition) is 6. The number of aryl methyl sites for hydroxylation is 2. The van der Waals surface area contributed by atoms with E-state index in [1.807, 2.05) is 48.9 Å². The molecule has 2 N–H and O–H groups in total. The molecule has 5 rings (SSSR count). The van der Waals surface area contributed by atoms with Crippen LogP contribution in [0.5, 0.6) is 0 Å². The van der Waals surface area contributed by atoms with E-state index < -0.39 is 0 Å². The number of hydrogen-bond donors (Lipinski definition) is 2. The molecule has 5 aromatic rings. The van der Waals surface area contributed by atoms with Crippen molar-refractivity contribution in [2.75, 3.05) is 10.6 Å². The molecule has 0 aliphatic carbocycles. The summed E-state index contributed by atoms with van der Waals surface area (Å²) >= 11 is 1.34. The van der Waals surface area contributed by atoms with Gasteiger partial charge < -0.3 is 9.73 Å². The number of nitrogens with one attached hydrogen (secondary N) is 2. The van der Waals surface area contributed by atoms with E-state index in [-0.39, 0.29) is 17.6 Å². The fourth-order valence-electron chi connectivity index (χ4n) is 3.57. The first-order valence-electron chi connectivity index (χ1n) is 10.6. The first-order valence-corrected chi connectivity index (χ1v) is 11.4. The highest BCUT2D eigenvalue weighted by Gasteiger charge is 2.14. The summed E-state index contributed by atoms with van der Waals surface area (Å²) in [5.74, 6) is 0.299. The Morgan fingerprint density at radius 2 is 1.79 bits per heavy atom.